The van der Waals surface area contributed by atoms with Gasteiger partial charge in [0.1, 0.15) is 0 Å². The van der Waals surface area contributed by atoms with E-state index < -0.39 is 0 Å². The van der Waals surface area contributed by atoms with Crippen molar-refractivity contribution in [2.45, 2.75) is 64.8 Å². The van der Waals surface area contributed by atoms with Gasteiger partial charge in [-0.15, -0.1) is 0 Å². The van der Waals surface area contributed by atoms with Crippen LogP contribution in [0.15, 0.2) is 18.2 Å². The van der Waals surface area contributed by atoms with E-state index in [1.807, 2.05) is 0 Å². The number of hydrogen-bond donors (Lipinski definition) is 1. The van der Waals surface area contributed by atoms with Crippen LogP contribution in [-0.2, 0) is 0 Å². The Morgan fingerprint density at radius 1 is 0.944 bits per heavy atom. The van der Waals surface area contributed by atoms with Crippen molar-refractivity contribution >= 4 is 0 Å². The summed E-state index contributed by atoms with van der Waals surface area (Å²) in [6.45, 7) is 4.35. The molecule has 0 radical (unpaired) electrons. The van der Waals surface area contributed by atoms with Crippen molar-refractivity contribution in [2.75, 3.05) is 0 Å². The van der Waals surface area contributed by atoms with Crippen LogP contribution in [0.25, 0.3) is 0 Å². The Balaban J connectivity index is 2.08. The van der Waals surface area contributed by atoms with Gasteiger partial charge in [0, 0.05) is 6.04 Å². The van der Waals surface area contributed by atoms with Crippen LogP contribution in [0.1, 0.15) is 67.7 Å². The first kappa shape index (κ1) is 13.6. The summed E-state index contributed by atoms with van der Waals surface area (Å²) in [7, 11) is 0. The molecule has 0 saturated heterocycles. The molecule has 1 nitrogen and oxygen atoms in total. The lowest BCUT2D eigenvalue weighted by atomic mass is 9.83. The van der Waals surface area contributed by atoms with E-state index >= 15 is 0 Å². The highest BCUT2D eigenvalue weighted by Gasteiger charge is 2.20. The zero-order chi connectivity index (χ0) is 13.0. The third-order valence-electron chi connectivity index (χ3n) is 4.57. The molecule has 1 unspecified atom stereocenters. The standard InChI is InChI=1S/C17H27N/c1-13-10-11-16(12-14(13)2)17(18)15-8-6-4-3-5-7-9-15/h10-12,15,17H,3-9,18H2,1-2H3. The number of benzene rings is 1. The van der Waals surface area contributed by atoms with Gasteiger partial charge in [-0.25, -0.2) is 0 Å². The van der Waals surface area contributed by atoms with Gasteiger partial charge in [0.2, 0.25) is 0 Å². The molecule has 0 bridgehead atoms. The number of aryl methyl sites for hydroxylation is 2. The minimum absolute atomic E-state index is 0.238. The lowest BCUT2D eigenvalue weighted by Crippen LogP contribution is -2.22. The molecule has 0 aromatic heterocycles. The normalized spacial score (nSPS) is 20.2. The highest BCUT2D eigenvalue weighted by atomic mass is 14.7. The number of hydrogen-bond acceptors (Lipinski definition) is 1. The van der Waals surface area contributed by atoms with Gasteiger partial charge >= 0.3 is 0 Å². The van der Waals surface area contributed by atoms with Gasteiger partial charge in [-0.05, 0) is 49.3 Å². The topological polar surface area (TPSA) is 26.0 Å². The summed E-state index contributed by atoms with van der Waals surface area (Å²) in [6.07, 6.45) is 9.58. The molecule has 1 aromatic rings. The second-order valence-electron chi connectivity index (χ2n) is 5.97. The van der Waals surface area contributed by atoms with Crippen molar-refractivity contribution in [3.05, 3.63) is 34.9 Å². The largest absolute Gasteiger partial charge is 0.324 e. The van der Waals surface area contributed by atoms with Gasteiger partial charge in [0.25, 0.3) is 0 Å². The summed E-state index contributed by atoms with van der Waals surface area (Å²) in [5.41, 5.74) is 10.6. The quantitative estimate of drug-likeness (QED) is 0.805. The molecule has 2 rings (SSSR count). The minimum Gasteiger partial charge on any atom is -0.324 e. The first-order valence-electron chi connectivity index (χ1n) is 7.51. The molecule has 1 aliphatic rings. The molecule has 0 amide bonds. The Morgan fingerprint density at radius 2 is 1.56 bits per heavy atom. The molecule has 0 aliphatic heterocycles. The zero-order valence-electron chi connectivity index (χ0n) is 11.9. The van der Waals surface area contributed by atoms with E-state index in [9.17, 15) is 0 Å². The van der Waals surface area contributed by atoms with E-state index in [-0.39, 0.29) is 6.04 Å². The average molecular weight is 245 g/mol. The molecule has 1 heteroatoms. The predicted octanol–water partition coefficient (Wildman–Crippen LogP) is 4.66. The Bertz CT molecular complexity index is 375. The summed E-state index contributed by atoms with van der Waals surface area (Å²) < 4.78 is 0. The predicted molar refractivity (Wildman–Crippen MR) is 78.7 cm³/mol. The Hall–Kier alpha value is -0.820. The first-order valence-corrected chi connectivity index (χ1v) is 7.51. The molecular formula is C17H27N. The Kier molecular flexibility index (Phi) is 4.82. The van der Waals surface area contributed by atoms with Crippen LogP contribution < -0.4 is 5.73 Å². The fourth-order valence-electron chi connectivity index (χ4n) is 3.09. The van der Waals surface area contributed by atoms with Crippen molar-refractivity contribution in [3.8, 4) is 0 Å². The van der Waals surface area contributed by atoms with Gasteiger partial charge < -0.3 is 5.73 Å². The summed E-state index contributed by atoms with van der Waals surface area (Å²) in [6, 6.07) is 6.97. The summed E-state index contributed by atoms with van der Waals surface area (Å²) in [5, 5.41) is 0. The van der Waals surface area contributed by atoms with Crippen LogP contribution in [0.3, 0.4) is 0 Å². The third kappa shape index (κ3) is 3.35. The summed E-state index contributed by atoms with van der Waals surface area (Å²) in [5.74, 6) is 0.687. The molecule has 18 heavy (non-hydrogen) atoms. The molecule has 1 aliphatic carbocycles. The molecule has 1 saturated carbocycles. The van der Waals surface area contributed by atoms with Crippen molar-refractivity contribution in [2.24, 2.45) is 11.7 Å². The van der Waals surface area contributed by atoms with E-state index in [0.29, 0.717) is 5.92 Å². The monoisotopic (exact) mass is 245 g/mol. The number of nitrogens with two attached hydrogens (primary N) is 1. The van der Waals surface area contributed by atoms with Crippen LogP contribution in [0.5, 0.6) is 0 Å². The lowest BCUT2D eigenvalue weighted by molar-refractivity contribution is 0.327. The second-order valence-corrected chi connectivity index (χ2v) is 5.97. The molecule has 0 spiro atoms. The second kappa shape index (κ2) is 6.38. The van der Waals surface area contributed by atoms with Crippen molar-refractivity contribution in [3.63, 3.8) is 0 Å². The van der Waals surface area contributed by atoms with Gasteiger partial charge in [-0.3, -0.25) is 0 Å². The molecule has 1 fully saturated rings. The van der Waals surface area contributed by atoms with Crippen molar-refractivity contribution in [1.29, 1.82) is 0 Å². The highest BCUT2D eigenvalue weighted by Crippen LogP contribution is 2.31. The summed E-state index contributed by atoms with van der Waals surface area (Å²) in [4.78, 5) is 0. The van der Waals surface area contributed by atoms with Gasteiger partial charge in [-0.2, -0.15) is 0 Å². The Morgan fingerprint density at radius 3 is 2.17 bits per heavy atom. The van der Waals surface area contributed by atoms with Gasteiger partial charge in [0.15, 0.2) is 0 Å². The fourth-order valence-corrected chi connectivity index (χ4v) is 3.09. The van der Waals surface area contributed by atoms with Crippen LogP contribution >= 0.6 is 0 Å². The molecular weight excluding hydrogens is 218 g/mol. The van der Waals surface area contributed by atoms with E-state index in [0.717, 1.165) is 0 Å². The smallest absolute Gasteiger partial charge is 0.0323 e. The molecule has 100 valence electrons. The Labute approximate surface area is 112 Å². The van der Waals surface area contributed by atoms with Crippen LogP contribution in [0.2, 0.25) is 0 Å². The van der Waals surface area contributed by atoms with Crippen LogP contribution in [-0.4, -0.2) is 0 Å². The molecule has 0 heterocycles. The third-order valence-corrected chi connectivity index (χ3v) is 4.57. The van der Waals surface area contributed by atoms with Crippen molar-refractivity contribution in [1.82, 2.24) is 0 Å². The maximum absolute atomic E-state index is 6.51. The maximum atomic E-state index is 6.51. The van der Waals surface area contributed by atoms with E-state index in [1.165, 1.54) is 61.6 Å². The van der Waals surface area contributed by atoms with E-state index in [2.05, 4.69) is 32.0 Å². The molecule has 1 aromatic carbocycles. The van der Waals surface area contributed by atoms with Crippen LogP contribution in [0.4, 0.5) is 0 Å². The fraction of sp³-hybridized carbons (Fsp3) is 0.647. The minimum atomic E-state index is 0.238. The molecule has 1 atom stereocenters. The zero-order valence-corrected chi connectivity index (χ0v) is 11.9. The first-order chi connectivity index (χ1) is 8.68. The number of rotatable bonds is 2. The highest BCUT2D eigenvalue weighted by molar-refractivity contribution is 5.31. The van der Waals surface area contributed by atoms with Crippen molar-refractivity contribution < 1.29 is 0 Å². The van der Waals surface area contributed by atoms with Gasteiger partial charge in [-0.1, -0.05) is 50.3 Å². The van der Waals surface area contributed by atoms with Crippen LogP contribution in [0, 0.1) is 19.8 Å². The summed E-state index contributed by atoms with van der Waals surface area (Å²) >= 11 is 0. The van der Waals surface area contributed by atoms with E-state index in [1.54, 1.807) is 0 Å². The maximum Gasteiger partial charge on any atom is 0.0323 e. The SMILES string of the molecule is Cc1ccc(C(N)C2CCCCCCC2)cc1C. The van der Waals surface area contributed by atoms with Gasteiger partial charge in [0.05, 0.1) is 0 Å². The molecule has 2 N–H and O–H groups in total. The lowest BCUT2D eigenvalue weighted by Gasteiger charge is -2.26. The average Bonchev–Trinajstić information content (AvgIpc) is 2.31. The van der Waals surface area contributed by atoms with E-state index in [4.69, 9.17) is 5.73 Å².